The van der Waals surface area contributed by atoms with Gasteiger partial charge in [-0.2, -0.15) is 0 Å². The Morgan fingerprint density at radius 2 is 2.25 bits per heavy atom. The summed E-state index contributed by atoms with van der Waals surface area (Å²) in [5, 5.41) is 0. The number of hydrogen-bond acceptors (Lipinski definition) is 1. The van der Waals surface area contributed by atoms with Crippen molar-refractivity contribution in [3.63, 3.8) is 0 Å². The van der Waals surface area contributed by atoms with E-state index >= 15 is 0 Å². The van der Waals surface area contributed by atoms with Gasteiger partial charge in [0.15, 0.2) is 0 Å². The van der Waals surface area contributed by atoms with E-state index in [1.54, 1.807) is 12.4 Å². The second kappa shape index (κ2) is 3.59. The number of aromatic amines is 1. The standard InChI is InChI=1S/C13H11FN2/c14-11-3-4-13-9(5-11)1-2-10(13)6-12-7-15-8-16-12/h3-8H,1-2H2,(H,15,16)/b10-6+. The number of fused-ring (bicyclic) bond motifs is 1. The Hall–Kier alpha value is -1.90. The maximum atomic E-state index is 13.0. The Balaban J connectivity index is 2.03. The van der Waals surface area contributed by atoms with Crippen molar-refractivity contribution in [2.75, 3.05) is 0 Å². The minimum Gasteiger partial charge on any atom is -0.351 e. The summed E-state index contributed by atoms with van der Waals surface area (Å²) in [6.45, 7) is 0. The summed E-state index contributed by atoms with van der Waals surface area (Å²) in [4.78, 5) is 7.09. The smallest absolute Gasteiger partial charge is 0.123 e. The number of aromatic nitrogens is 2. The van der Waals surface area contributed by atoms with E-state index in [-0.39, 0.29) is 5.82 Å². The molecule has 1 N–H and O–H groups in total. The highest BCUT2D eigenvalue weighted by Gasteiger charge is 2.16. The third-order valence-electron chi connectivity index (χ3n) is 2.92. The fourth-order valence-electron chi connectivity index (χ4n) is 2.17. The number of aryl methyl sites for hydroxylation is 1. The molecule has 0 saturated heterocycles. The molecule has 0 bridgehead atoms. The molecule has 3 rings (SSSR count). The fraction of sp³-hybridized carbons (Fsp3) is 0.154. The number of nitrogens with one attached hydrogen (secondary N) is 1. The van der Waals surface area contributed by atoms with Gasteiger partial charge in [-0.3, -0.25) is 0 Å². The zero-order chi connectivity index (χ0) is 11.0. The van der Waals surface area contributed by atoms with Crippen LogP contribution in [0.4, 0.5) is 4.39 Å². The van der Waals surface area contributed by atoms with Gasteiger partial charge in [0.05, 0.1) is 12.0 Å². The molecule has 0 aliphatic heterocycles. The normalized spacial score (nSPS) is 16.7. The highest BCUT2D eigenvalue weighted by molar-refractivity contribution is 5.84. The molecule has 1 aliphatic carbocycles. The topological polar surface area (TPSA) is 28.7 Å². The third kappa shape index (κ3) is 1.54. The van der Waals surface area contributed by atoms with Gasteiger partial charge in [0.1, 0.15) is 5.82 Å². The molecular formula is C13H11FN2. The molecule has 0 unspecified atom stereocenters. The van der Waals surface area contributed by atoms with E-state index in [9.17, 15) is 4.39 Å². The molecule has 2 nitrogen and oxygen atoms in total. The molecule has 0 radical (unpaired) electrons. The molecule has 1 aromatic heterocycles. The van der Waals surface area contributed by atoms with E-state index in [1.807, 2.05) is 12.3 Å². The summed E-state index contributed by atoms with van der Waals surface area (Å²) in [6.07, 6.45) is 7.46. The Morgan fingerprint density at radius 3 is 3.06 bits per heavy atom. The summed E-state index contributed by atoms with van der Waals surface area (Å²) in [5.74, 6) is -0.153. The van der Waals surface area contributed by atoms with Gasteiger partial charge in [-0.05, 0) is 47.8 Å². The number of benzene rings is 1. The first-order valence-electron chi connectivity index (χ1n) is 5.31. The van der Waals surface area contributed by atoms with Gasteiger partial charge in [-0.1, -0.05) is 6.07 Å². The molecule has 1 aliphatic rings. The van der Waals surface area contributed by atoms with Gasteiger partial charge < -0.3 is 4.98 Å². The number of allylic oxidation sites excluding steroid dienone is 1. The summed E-state index contributed by atoms with van der Waals surface area (Å²) in [7, 11) is 0. The van der Waals surface area contributed by atoms with Gasteiger partial charge in [0.2, 0.25) is 0 Å². The first-order valence-corrected chi connectivity index (χ1v) is 5.31. The van der Waals surface area contributed by atoms with Crippen LogP contribution in [-0.2, 0) is 6.42 Å². The highest BCUT2D eigenvalue weighted by Crippen LogP contribution is 2.33. The largest absolute Gasteiger partial charge is 0.351 e. The summed E-state index contributed by atoms with van der Waals surface area (Å²) in [5.41, 5.74) is 4.42. The SMILES string of the molecule is Fc1ccc2c(c1)CC/C2=C\c1c[nH]cn1. The Bertz CT molecular complexity index is 541. The second-order valence-corrected chi connectivity index (χ2v) is 3.97. The van der Waals surface area contributed by atoms with Crippen LogP contribution in [0.2, 0.25) is 0 Å². The van der Waals surface area contributed by atoms with Crippen molar-refractivity contribution >= 4 is 11.6 Å². The molecule has 2 aromatic rings. The predicted octanol–water partition coefficient (Wildman–Crippen LogP) is 3.04. The lowest BCUT2D eigenvalue weighted by Gasteiger charge is -2.00. The number of imidazole rings is 1. The minimum absolute atomic E-state index is 0.153. The van der Waals surface area contributed by atoms with Gasteiger partial charge in [-0.25, -0.2) is 9.37 Å². The molecule has 0 spiro atoms. The molecule has 0 atom stereocenters. The number of nitrogens with zero attached hydrogens (tertiary/aromatic N) is 1. The van der Waals surface area contributed by atoms with Crippen LogP contribution in [0.25, 0.3) is 11.6 Å². The van der Waals surface area contributed by atoms with E-state index in [2.05, 4.69) is 16.0 Å². The Labute approximate surface area is 92.8 Å². The molecule has 0 fully saturated rings. The molecule has 1 aromatic carbocycles. The number of halogens is 1. The van der Waals surface area contributed by atoms with Crippen LogP contribution in [0.1, 0.15) is 23.2 Å². The average molecular weight is 214 g/mol. The monoisotopic (exact) mass is 214 g/mol. The van der Waals surface area contributed by atoms with Crippen LogP contribution in [0.3, 0.4) is 0 Å². The lowest BCUT2D eigenvalue weighted by atomic mass is 10.1. The lowest BCUT2D eigenvalue weighted by Crippen LogP contribution is -1.83. The van der Waals surface area contributed by atoms with Crippen LogP contribution >= 0.6 is 0 Å². The van der Waals surface area contributed by atoms with Crippen molar-refractivity contribution in [2.45, 2.75) is 12.8 Å². The molecule has 3 heteroatoms. The quantitative estimate of drug-likeness (QED) is 0.776. The van der Waals surface area contributed by atoms with E-state index < -0.39 is 0 Å². The van der Waals surface area contributed by atoms with Crippen LogP contribution in [0, 0.1) is 5.82 Å². The number of H-pyrrole nitrogens is 1. The van der Waals surface area contributed by atoms with Crippen LogP contribution in [0.5, 0.6) is 0 Å². The van der Waals surface area contributed by atoms with Crippen molar-refractivity contribution in [2.24, 2.45) is 0 Å². The van der Waals surface area contributed by atoms with Gasteiger partial charge in [0.25, 0.3) is 0 Å². The molecular weight excluding hydrogens is 203 g/mol. The lowest BCUT2D eigenvalue weighted by molar-refractivity contribution is 0.626. The first kappa shape index (κ1) is 9.33. The van der Waals surface area contributed by atoms with Crippen LogP contribution in [0.15, 0.2) is 30.7 Å². The molecule has 1 heterocycles. The fourth-order valence-corrected chi connectivity index (χ4v) is 2.17. The van der Waals surface area contributed by atoms with Crippen molar-refractivity contribution in [3.05, 3.63) is 53.4 Å². The molecule has 80 valence electrons. The van der Waals surface area contributed by atoms with E-state index in [1.165, 1.54) is 11.6 Å². The average Bonchev–Trinajstić information content (AvgIpc) is 2.89. The zero-order valence-corrected chi connectivity index (χ0v) is 8.70. The van der Waals surface area contributed by atoms with Crippen molar-refractivity contribution in [1.29, 1.82) is 0 Å². The van der Waals surface area contributed by atoms with E-state index in [4.69, 9.17) is 0 Å². The van der Waals surface area contributed by atoms with Gasteiger partial charge in [-0.15, -0.1) is 0 Å². The maximum Gasteiger partial charge on any atom is 0.123 e. The first-order chi connectivity index (χ1) is 7.83. The number of hydrogen-bond donors (Lipinski definition) is 1. The minimum atomic E-state index is -0.153. The molecule has 0 saturated carbocycles. The number of rotatable bonds is 1. The maximum absolute atomic E-state index is 13.0. The Morgan fingerprint density at radius 1 is 1.31 bits per heavy atom. The summed E-state index contributed by atoms with van der Waals surface area (Å²) < 4.78 is 13.0. The van der Waals surface area contributed by atoms with Crippen LogP contribution in [-0.4, -0.2) is 9.97 Å². The summed E-state index contributed by atoms with van der Waals surface area (Å²) >= 11 is 0. The van der Waals surface area contributed by atoms with Crippen molar-refractivity contribution in [3.8, 4) is 0 Å². The van der Waals surface area contributed by atoms with Crippen molar-refractivity contribution < 1.29 is 4.39 Å². The highest BCUT2D eigenvalue weighted by atomic mass is 19.1. The summed E-state index contributed by atoms with van der Waals surface area (Å²) in [6, 6.07) is 5.00. The van der Waals surface area contributed by atoms with Gasteiger partial charge >= 0.3 is 0 Å². The van der Waals surface area contributed by atoms with Crippen LogP contribution < -0.4 is 0 Å². The van der Waals surface area contributed by atoms with Gasteiger partial charge in [0, 0.05) is 6.20 Å². The molecule has 16 heavy (non-hydrogen) atoms. The van der Waals surface area contributed by atoms with E-state index in [0.29, 0.717) is 0 Å². The third-order valence-corrected chi connectivity index (χ3v) is 2.92. The molecule has 0 amide bonds. The zero-order valence-electron chi connectivity index (χ0n) is 8.70. The van der Waals surface area contributed by atoms with E-state index in [0.717, 1.165) is 29.7 Å². The van der Waals surface area contributed by atoms with Crippen molar-refractivity contribution in [1.82, 2.24) is 9.97 Å². The Kier molecular flexibility index (Phi) is 2.10. The predicted molar refractivity (Wildman–Crippen MR) is 61.2 cm³/mol. The second-order valence-electron chi connectivity index (χ2n) is 3.97.